The predicted octanol–water partition coefficient (Wildman–Crippen LogP) is 4.01. The number of rotatable bonds is 5. The molecule has 2 atom stereocenters. The lowest BCUT2D eigenvalue weighted by Crippen LogP contribution is -2.39. The Bertz CT molecular complexity index is 440. The largest absolute Gasteiger partial charge is 0.392 e. The number of nitrogens with zero attached hydrogens (tertiary/aromatic N) is 1. The minimum Gasteiger partial charge on any atom is -0.392 e. The van der Waals surface area contributed by atoms with Crippen molar-refractivity contribution in [3.8, 4) is 0 Å². The summed E-state index contributed by atoms with van der Waals surface area (Å²) >= 11 is 0. The van der Waals surface area contributed by atoms with Gasteiger partial charge in [-0.2, -0.15) is 0 Å². The molecule has 1 aromatic rings. The molecule has 1 aromatic carbocycles. The second-order valence-electron chi connectivity index (χ2n) is 8.06. The molecule has 2 unspecified atom stereocenters. The molecule has 1 N–H and O–H groups in total. The van der Waals surface area contributed by atoms with E-state index in [1.54, 1.807) is 0 Å². The molecule has 124 valence electrons. The van der Waals surface area contributed by atoms with Gasteiger partial charge < -0.3 is 10.0 Å². The quantitative estimate of drug-likeness (QED) is 0.888. The SMILES string of the molecule is CC(Cc1ccc(C(C)(C)C)cc1)C(O)CN1CCCCC1. The fourth-order valence-corrected chi connectivity index (χ4v) is 3.24. The molecule has 1 saturated heterocycles. The standard InChI is InChI=1S/C20H33NO/c1-16(19(22)15-21-12-6-5-7-13-21)14-17-8-10-18(11-9-17)20(2,3)4/h8-11,16,19,22H,5-7,12-15H2,1-4H3. The van der Waals surface area contributed by atoms with Crippen molar-refractivity contribution in [1.29, 1.82) is 0 Å². The highest BCUT2D eigenvalue weighted by Gasteiger charge is 2.20. The molecule has 0 radical (unpaired) electrons. The van der Waals surface area contributed by atoms with Gasteiger partial charge in [0.25, 0.3) is 0 Å². The first-order valence-corrected chi connectivity index (χ1v) is 8.86. The number of likely N-dealkylation sites (tertiary alicyclic amines) is 1. The fourth-order valence-electron chi connectivity index (χ4n) is 3.24. The molecule has 1 aliphatic heterocycles. The molecule has 0 saturated carbocycles. The van der Waals surface area contributed by atoms with Crippen LogP contribution in [-0.4, -0.2) is 35.7 Å². The molecule has 0 aromatic heterocycles. The Labute approximate surface area is 136 Å². The normalized spacial score (nSPS) is 19.9. The number of aliphatic hydroxyl groups excluding tert-OH is 1. The minimum absolute atomic E-state index is 0.206. The zero-order valence-electron chi connectivity index (χ0n) is 14.8. The first-order chi connectivity index (χ1) is 10.4. The van der Waals surface area contributed by atoms with E-state index in [4.69, 9.17) is 0 Å². The Morgan fingerprint density at radius 3 is 2.18 bits per heavy atom. The van der Waals surface area contributed by atoms with E-state index in [1.807, 2.05) is 0 Å². The molecule has 0 bridgehead atoms. The van der Waals surface area contributed by atoms with Crippen molar-refractivity contribution in [2.75, 3.05) is 19.6 Å². The van der Waals surface area contributed by atoms with Crippen LogP contribution in [0.25, 0.3) is 0 Å². The fraction of sp³-hybridized carbons (Fsp3) is 0.700. The maximum absolute atomic E-state index is 10.5. The Hall–Kier alpha value is -0.860. The maximum atomic E-state index is 10.5. The van der Waals surface area contributed by atoms with E-state index in [9.17, 15) is 5.11 Å². The number of benzene rings is 1. The van der Waals surface area contributed by atoms with Gasteiger partial charge in [-0.1, -0.05) is 58.4 Å². The van der Waals surface area contributed by atoms with Crippen LogP contribution in [0.15, 0.2) is 24.3 Å². The van der Waals surface area contributed by atoms with Gasteiger partial charge in [-0.15, -0.1) is 0 Å². The molecule has 2 rings (SSSR count). The summed E-state index contributed by atoms with van der Waals surface area (Å²) in [6, 6.07) is 8.92. The summed E-state index contributed by atoms with van der Waals surface area (Å²) in [5.74, 6) is 0.308. The van der Waals surface area contributed by atoms with Crippen LogP contribution in [0.4, 0.5) is 0 Å². The number of hydrogen-bond donors (Lipinski definition) is 1. The minimum atomic E-state index is -0.222. The summed E-state index contributed by atoms with van der Waals surface area (Å²) in [5.41, 5.74) is 2.91. The molecule has 0 spiro atoms. The first-order valence-electron chi connectivity index (χ1n) is 8.86. The average Bonchev–Trinajstić information content (AvgIpc) is 2.48. The summed E-state index contributed by atoms with van der Waals surface area (Å²) in [6.07, 6.45) is 4.66. The van der Waals surface area contributed by atoms with Crippen molar-refractivity contribution in [3.05, 3.63) is 35.4 Å². The summed E-state index contributed by atoms with van der Waals surface area (Å²) in [4.78, 5) is 2.42. The lowest BCUT2D eigenvalue weighted by Gasteiger charge is -2.30. The van der Waals surface area contributed by atoms with Gasteiger partial charge in [0.2, 0.25) is 0 Å². The van der Waals surface area contributed by atoms with E-state index in [0.29, 0.717) is 5.92 Å². The van der Waals surface area contributed by atoms with Gasteiger partial charge in [-0.3, -0.25) is 0 Å². The molecule has 2 nitrogen and oxygen atoms in total. The zero-order valence-corrected chi connectivity index (χ0v) is 14.8. The van der Waals surface area contributed by atoms with Crippen LogP contribution in [0.3, 0.4) is 0 Å². The van der Waals surface area contributed by atoms with Gasteiger partial charge in [-0.05, 0) is 54.8 Å². The van der Waals surface area contributed by atoms with Crippen molar-refractivity contribution in [2.45, 2.75) is 64.9 Å². The molecule has 1 heterocycles. The van der Waals surface area contributed by atoms with Crippen LogP contribution in [0.5, 0.6) is 0 Å². The zero-order chi connectivity index (χ0) is 16.2. The highest BCUT2D eigenvalue weighted by atomic mass is 16.3. The van der Waals surface area contributed by atoms with E-state index in [-0.39, 0.29) is 11.5 Å². The molecule has 1 fully saturated rings. The van der Waals surface area contributed by atoms with Crippen LogP contribution in [0.2, 0.25) is 0 Å². The maximum Gasteiger partial charge on any atom is 0.0695 e. The summed E-state index contributed by atoms with van der Waals surface area (Å²) in [5, 5.41) is 10.5. The topological polar surface area (TPSA) is 23.5 Å². The van der Waals surface area contributed by atoms with Gasteiger partial charge in [0.15, 0.2) is 0 Å². The van der Waals surface area contributed by atoms with Crippen LogP contribution in [-0.2, 0) is 11.8 Å². The van der Waals surface area contributed by atoms with E-state index < -0.39 is 0 Å². The highest BCUT2D eigenvalue weighted by molar-refractivity contribution is 5.27. The van der Waals surface area contributed by atoms with Crippen LogP contribution >= 0.6 is 0 Å². The molecular formula is C20H33NO. The number of aliphatic hydroxyl groups is 1. The Balaban J connectivity index is 1.86. The van der Waals surface area contributed by atoms with Crippen LogP contribution in [0, 0.1) is 5.92 Å². The third-order valence-electron chi connectivity index (χ3n) is 4.93. The monoisotopic (exact) mass is 303 g/mol. The average molecular weight is 303 g/mol. The predicted molar refractivity (Wildman–Crippen MR) is 94.3 cm³/mol. The van der Waals surface area contributed by atoms with Gasteiger partial charge in [0, 0.05) is 6.54 Å². The van der Waals surface area contributed by atoms with Crippen molar-refractivity contribution < 1.29 is 5.11 Å². The molecule has 2 heteroatoms. The van der Waals surface area contributed by atoms with Crippen molar-refractivity contribution >= 4 is 0 Å². The second kappa shape index (κ2) is 7.61. The van der Waals surface area contributed by atoms with Crippen molar-refractivity contribution in [1.82, 2.24) is 4.90 Å². The third-order valence-corrected chi connectivity index (χ3v) is 4.93. The third kappa shape index (κ3) is 5.10. The van der Waals surface area contributed by atoms with E-state index in [2.05, 4.69) is 56.9 Å². The lowest BCUT2D eigenvalue weighted by atomic mass is 9.86. The number of β-amino-alcohol motifs (C(OH)–C–C–N with tert-alkyl or cyclic N) is 1. The summed E-state index contributed by atoms with van der Waals surface area (Å²) < 4.78 is 0. The summed E-state index contributed by atoms with van der Waals surface area (Å²) in [6.45, 7) is 12.1. The van der Waals surface area contributed by atoms with Crippen LogP contribution < -0.4 is 0 Å². The number of piperidine rings is 1. The highest BCUT2D eigenvalue weighted by Crippen LogP contribution is 2.23. The lowest BCUT2D eigenvalue weighted by molar-refractivity contribution is 0.0625. The van der Waals surface area contributed by atoms with Crippen LogP contribution in [0.1, 0.15) is 58.1 Å². The Kier molecular flexibility index (Phi) is 6.05. The van der Waals surface area contributed by atoms with Gasteiger partial charge in [-0.25, -0.2) is 0 Å². The molecule has 0 amide bonds. The van der Waals surface area contributed by atoms with Gasteiger partial charge in [0.05, 0.1) is 6.10 Å². The first kappa shape index (κ1) is 17.5. The van der Waals surface area contributed by atoms with Crippen molar-refractivity contribution in [3.63, 3.8) is 0 Å². The Morgan fingerprint density at radius 2 is 1.64 bits per heavy atom. The van der Waals surface area contributed by atoms with E-state index in [1.165, 1.54) is 30.4 Å². The summed E-state index contributed by atoms with van der Waals surface area (Å²) in [7, 11) is 0. The van der Waals surface area contributed by atoms with Crippen molar-refractivity contribution in [2.24, 2.45) is 5.92 Å². The van der Waals surface area contributed by atoms with E-state index >= 15 is 0 Å². The second-order valence-corrected chi connectivity index (χ2v) is 8.06. The Morgan fingerprint density at radius 1 is 1.05 bits per heavy atom. The molecule has 0 aliphatic carbocycles. The molecular weight excluding hydrogens is 270 g/mol. The van der Waals surface area contributed by atoms with E-state index in [0.717, 1.165) is 26.1 Å². The smallest absolute Gasteiger partial charge is 0.0695 e. The molecule has 1 aliphatic rings. The van der Waals surface area contributed by atoms with Gasteiger partial charge in [0.1, 0.15) is 0 Å². The molecule has 22 heavy (non-hydrogen) atoms. The van der Waals surface area contributed by atoms with Gasteiger partial charge >= 0.3 is 0 Å². The number of hydrogen-bond acceptors (Lipinski definition) is 2.